The molecule has 112 valence electrons. The van der Waals surface area contributed by atoms with Crippen LogP contribution in [0.15, 0.2) is 18.3 Å². The average molecular weight is 301 g/mol. The van der Waals surface area contributed by atoms with Crippen LogP contribution in [0.2, 0.25) is 0 Å². The van der Waals surface area contributed by atoms with E-state index in [0.29, 0.717) is 18.0 Å². The lowest BCUT2D eigenvalue weighted by molar-refractivity contribution is 0.270. The number of fused-ring (bicyclic) bond motifs is 3. The zero-order chi connectivity index (χ0) is 17.8. The summed E-state index contributed by atoms with van der Waals surface area (Å²) in [6.07, 6.45) is 3.21. The Bertz CT molecular complexity index is 887. The standard InChI is InChI=1S/C16H15FN4O/c1-20-13(4-5-19-20)15-11(8-18)16-14(7-12(15)17)22-9-10-3-2-6-21(10)16/h4-5,7,10H,2-3,6,9H2,1H3/t10-/m0/s1/i1D3. The number of aryl methyl sites for hydroxylation is 1. The number of aromatic nitrogens is 2. The number of anilines is 1. The van der Waals surface area contributed by atoms with Crippen molar-refractivity contribution >= 4 is 5.69 Å². The molecule has 0 spiro atoms. The predicted molar refractivity (Wildman–Crippen MR) is 79.2 cm³/mol. The van der Waals surface area contributed by atoms with Gasteiger partial charge in [-0.2, -0.15) is 10.4 Å². The minimum absolute atomic E-state index is 0.0500. The normalized spacial score (nSPS) is 21.9. The highest BCUT2D eigenvalue weighted by atomic mass is 19.1. The van der Waals surface area contributed by atoms with Crippen molar-refractivity contribution in [2.45, 2.75) is 18.9 Å². The molecule has 3 heterocycles. The lowest BCUT2D eigenvalue weighted by Gasteiger charge is -2.34. The molecular weight excluding hydrogens is 283 g/mol. The molecule has 0 saturated carbocycles. The summed E-state index contributed by atoms with van der Waals surface area (Å²) < 4.78 is 44.0. The minimum atomic E-state index is -2.57. The Balaban J connectivity index is 1.98. The fraction of sp³-hybridized carbons (Fsp3) is 0.375. The monoisotopic (exact) mass is 301 g/mol. The molecule has 0 bridgehead atoms. The molecular formula is C16H15FN4O. The number of halogens is 1. The second-order valence-electron chi connectivity index (χ2n) is 5.50. The first-order valence-corrected chi connectivity index (χ1v) is 7.12. The van der Waals surface area contributed by atoms with E-state index in [2.05, 4.69) is 16.1 Å². The van der Waals surface area contributed by atoms with Gasteiger partial charge in [0.25, 0.3) is 0 Å². The van der Waals surface area contributed by atoms with Gasteiger partial charge in [0.05, 0.1) is 28.6 Å². The summed E-state index contributed by atoms with van der Waals surface area (Å²) in [5, 5.41) is 13.5. The number of rotatable bonds is 1. The van der Waals surface area contributed by atoms with Crippen LogP contribution in [0.3, 0.4) is 0 Å². The highest BCUT2D eigenvalue weighted by Gasteiger charge is 2.36. The number of benzene rings is 1. The van der Waals surface area contributed by atoms with Crippen LogP contribution >= 0.6 is 0 Å². The van der Waals surface area contributed by atoms with Crippen LogP contribution < -0.4 is 9.64 Å². The quantitative estimate of drug-likeness (QED) is 0.812. The third-order valence-electron chi connectivity index (χ3n) is 4.32. The maximum absolute atomic E-state index is 14.8. The fourth-order valence-corrected chi connectivity index (χ4v) is 3.35. The van der Waals surface area contributed by atoms with E-state index in [0.717, 1.165) is 24.1 Å². The van der Waals surface area contributed by atoms with Gasteiger partial charge in [-0.25, -0.2) is 4.39 Å². The first-order chi connectivity index (χ1) is 11.9. The molecule has 6 heteroatoms. The highest BCUT2D eigenvalue weighted by molar-refractivity contribution is 5.82. The summed E-state index contributed by atoms with van der Waals surface area (Å²) in [4.78, 5) is 2.07. The smallest absolute Gasteiger partial charge is 0.147 e. The molecule has 0 unspecified atom stereocenters. The molecule has 1 atom stereocenters. The van der Waals surface area contributed by atoms with Gasteiger partial charge >= 0.3 is 0 Å². The van der Waals surface area contributed by atoms with E-state index in [1.807, 2.05) is 0 Å². The summed E-state index contributed by atoms with van der Waals surface area (Å²) >= 11 is 0. The third kappa shape index (κ3) is 1.72. The Hall–Kier alpha value is -2.55. The van der Waals surface area contributed by atoms with Crippen molar-refractivity contribution in [3.63, 3.8) is 0 Å². The van der Waals surface area contributed by atoms with Crippen molar-refractivity contribution in [2.75, 3.05) is 18.1 Å². The molecule has 1 aromatic heterocycles. The van der Waals surface area contributed by atoms with Crippen LogP contribution in [-0.2, 0) is 6.98 Å². The summed E-state index contributed by atoms with van der Waals surface area (Å²) in [6, 6.07) is 4.85. The summed E-state index contributed by atoms with van der Waals surface area (Å²) in [5.74, 6) is -0.366. The Morgan fingerprint density at radius 3 is 3.32 bits per heavy atom. The topological polar surface area (TPSA) is 54.1 Å². The van der Waals surface area contributed by atoms with Crippen LogP contribution in [0.25, 0.3) is 11.3 Å². The molecule has 2 aliphatic rings. The average Bonchev–Trinajstić information content (AvgIpc) is 3.21. The number of hydrogen-bond donors (Lipinski definition) is 0. The Labute approximate surface area is 131 Å². The second-order valence-corrected chi connectivity index (χ2v) is 5.50. The number of ether oxygens (including phenoxy) is 1. The summed E-state index contributed by atoms with van der Waals surface area (Å²) in [7, 11) is 0. The molecule has 1 fully saturated rings. The van der Waals surface area contributed by atoms with Gasteiger partial charge in [0.1, 0.15) is 24.2 Å². The first-order valence-electron chi connectivity index (χ1n) is 8.62. The van der Waals surface area contributed by atoms with Crippen molar-refractivity contribution in [1.29, 1.82) is 5.26 Å². The number of nitriles is 1. The van der Waals surface area contributed by atoms with Crippen molar-refractivity contribution in [3.05, 3.63) is 29.7 Å². The molecule has 1 saturated heterocycles. The molecule has 2 aromatic rings. The van der Waals surface area contributed by atoms with E-state index < -0.39 is 12.8 Å². The van der Waals surface area contributed by atoms with Gasteiger partial charge in [-0.15, -0.1) is 0 Å². The molecule has 0 amide bonds. The zero-order valence-electron chi connectivity index (χ0n) is 14.7. The van der Waals surface area contributed by atoms with Crippen molar-refractivity contribution in [1.82, 2.24) is 9.78 Å². The van der Waals surface area contributed by atoms with Gasteiger partial charge in [-0.1, -0.05) is 0 Å². The van der Waals surface area contributed by atoms with E-state index in [4.69, 9.17) is 8.85 Å². The molecule has 0 radical (unpaired) electrons. The van der Waals surface area contributed by atoms with Gasteiger partial charge in [0.15, 0.2) is 0 Å². The van der Waals surface area contributed by atoms with E-state index in [1.54, 1.807) is 0 Å². The van der Waals surface area contributed by atoms with Gasteiger partial charge in [0.2, 0.25) is 0 Å². The minimum Gasteiger partial charge on any atom is -0.489 e. The van der Waals surface area contributed by atoms with Crippen molar-refractivity contribution in [2.24, 2.45) is 6.98 Å². The third-order valence-corrected chi connectivity index (χ3v) is 4.32. The number of hydrogen-bond acceptors (Lipinski definition) is 4. The zero-order valence-corrected chi connectivity index (χ0v) is 11.7. The maximum Gasteiger partial charge on any atom is 0.147 e. The molecule has 2 aliphatic heterocycles. The van der Waals surface area contributed by atoms with Crippen molar-refractivity contribution in [3.8, 4) is 23.1 Å². The van der Waals surface area contributed by atoms with Gasteiger partial charge in [-0.05, 0) is 18.9 Å². The van der Waals surface area contributed by atoms with Crippen LogP contribution in [0.5, 0.6) is 5.75 Å². The fourth-order valence-electron chi connectivity index (χ4n) is 3.35. The van der Waals surface area contributed by atoms with E-state index in [9.17, 15) is 9.65 Å². The maximum atomic E-state index is 14.8. The molecule has 0 aliphatic carbocycles. The molecule has 4 rings (SSSR count). The number of nitrogens with zero attached hydrogens (tertiary/aromatic N) is 4. The Kier molecular flexibility index (Phi) is 2.20. The van der Waals surface area contributed by atoms with E-state index in [1.165, 1.54) is 18.3 Å². The molecule has 22 heavy (non-hydrogen) atoms. The Morgan fingerprint density at radius 1 is 1.59 bits per heavy atom. The second kappa shape index (κ2) is 4.73. The summed E-state index contributed by atoms with van der Waals surface area (Å²) in [5.41, 5.74) is 0.641. The van der Waals surface area contributed by atoms with Gasteiger partial charge in [-0.3, -0.25) is 4.68 Å². The lowest BCUT2D eigenvalue weighted by Crippen LogP contribution is -2.38. The Morgan fingerprint density at radius 2 is 2.50 bits per heavy atom. The largest absolute Gasteiger partial charge is 0.489 e. The van der Waals surface area contributed by atoms with Gasteiger partial charge < -0.3 is 9.64 Å². The lowest BCUT2D eigenvalue weighted by atomic mass is 9.99. The first kappa shape index (κ1) is 10.2. The van der Waals surface area contributed by atoms with Crippen molar-refractivity contribution < 1.29 is 13.2 Å². The van der Waals surface area contributed by atoms with Crippen LogP contribution in [0, 0.1) is 17.1 Å². The molecule has 5 nitrogen and oxygen atoms in total. The van der Waals surface area contributed by atoms with Crippen LogP contribution in [-0.4, -0.2) is 29.0 Å². The van der Waals surface area contributed by atoms with E-state index >= 15 is 0 Å². The summed E-state index contributed by atoms with van der Waals surface area (Å²) in [6.45, 7) is -1.34. The predicted octanol–water partition coefficient (Wildman–Crippen LogP) is 2.46. The molecule has 1 aromatic carbocycles. The van der Waals surface area contributed by atoms with Crippen LogP contribution in [0.4, 0.5) is 10.1 Å². The SMILES string of the molecule is [2H]C([2H])([2H])n1nccc1-c1c(F)cc2c(c1C#N)N1CCC[C@H]1CO2. The highest BCUT2D eigenvalue weighted by Crippen LogP contribution is 2.45. The molecule has 0 N–H and O–H groups in total. The van der Waals surface area contributed by atoms with Crippen LogP contribution in [0.1, 0.15) is 22.5 Å². The van der Waals surface area contributed by atoms with Gasteiger partial charge in [0, 0.05) is 29.9 Å². The van der Waals surface area contributed by atoms with E-state index in [-0.39, 0.29) is 22.9 Å².